The predicted octanol–water partition coefficient (Wildman–Crippen LogP) is 5.13. The molecule has 0 unspecified atom stereocenters. The number of para-hydroxylation sites is 1. The first-order valence-electron chi connectivity index (χ1n) is 12.0. The molecule has 1 heterocycles. The Morgan fingerprint density at radius 1 is 1.14 bits per heavy atom. The lowest BCUT2D eigenvalue weighted by Crippen LogP contribution is -2.44. The smallest absolute Gasteiger partial charge is 0.267 e. The van der Waals surface area contributed by atoms with Crippen LogP contribution in [0.3, 0.4) is 0 Å². The first kappa shape index (κ1) is 24.9. The van der Waals surface area contributed by atoms with Gasteiger partial charge in [-0.3, -0.25) is 14.5 Å². The van der Waals surface area contributed by atoms with Gasteiger partial charge < -0.3 is 15.2 Å². The van der Waals surface area contributed by atoms with E-state index in [1.54, 1.807) is 12.1 Å². The van der Waals surface area contributed by atoms with Gasteiger partial charge in [0.2, 0.25) is 0 Å². The molecule has 35 heavy (non-hydrogen) atoms. The standard InChI is InChI=1S/C27H31N3O4S/c1-3-33-23-15-19(13-14-22(23)34-17-25(28)31)16-24-26(32)30(21-12-8-7-9-18(21)2)27(35-24)29-20-10-5-4-6-11-20/h4-6,10-11,13-16,18,21H,3,7-9,12,17H2,1-2H3,(H2,28,31)/b24-16-,29-27?/t18-,21-/m1/s1. The molecule has 8 heteroatoms. The highest BCUT2D eigenvalue weighted by Gasteiger charge is 2.41. The highest BCUT2D eigenvalue weighted by Crippen LogP contribution is 2.40. The van der Waals surface area contributed by atoms with E-state index < -0.39 is 5.91 Å². The van der Waals surface area contributed by atoms with E-state index in [0.717, 1.165) is 35.7 Å². The summed E-state index contributed by atoms with van der Waals surface area (Å²) in [6.07, 6.45) is 6.27. The molecular weight excluding hydrogens is 462 g/mol. The molecule has 2 aromatic rings. The molecule has 0 spiro atoms. The number of thioether (sulfide) groups is 1. The maximum absolute atomic E-state index is 13.7. The van der Waals surface area contributed by atoms with E-state index in [1.165, 1.54) is 18.2 Å². The summed E-state index contributed by atoms with van der Waals surface area (Å²) in [6.45, 7) is 4.29. The number of benzene rings is 2. The van der Waals surface area contributed by atoms with Crippen LogP contribution in [0.1, 0.15) is 45.1 Å². The molecular formula is C27H31N3O4S. The van der Waals surface area contributed by atoms with Gasteiger partial charge in [0.15, 0.2) is 23.3 Å². The van der Waals surface area contributed by atoms with Gasteiger partial charge in [0.05, 0.1) is 17.2 Å². The third-order valence-corrected chi connectivity index (χ3v) is 7.13. The van der Waals surface area contributed by atoms with Crippen molar-refractivity contribution in [2.24, 2.45) is 16.6 Å². The van der Waals surface area contributed by atoms with E-state index in [1.807, 2.05) is 54.3 Å². The van der Waals surface area contributed by atoms with Crippen LogP contribution in [0.5, 0.6) is 11.5 Å². The molecule has 2 atom stereocenters. The number of amides is 2. The summed E-state index contributed by atoms with van der Waals surface area (Å²) in [4.78, 5) is 32.1. The summed E-state index contributed by atoms with van der Waals surface area (Å²) in [6, 6.07) is 15.2. The van der Waals surface area contributed by atoms with Crippen molar-refractivity contribution in [3.63, 3.8) is 0 Å². The maximum Gasteiger partial charge on any atom is 0.267 e. The zero-order valence-electron chi connectivity index (χ0n) is 20.1. The minimum atomic E-state index is -0.561. The number of ether oxygens (including phenoxy) is 2. The van der Waals surface area contributed by atoms with Gasteiger partial charge in [0, 0.05) is 6.04 Å². The molecule has 2 N–H and O–H groups in total. The Kier molecular flexibility index (Phi) is 8.13. The van der Waals surface area contributed by atoms with Crippen molar-refractivity contribution < 1.29 is 19.1 Å². The van der Waals surface area contributed by atoms with Gasteiger partial charge in [-0.1, -0.05) is 44.0 Å². The third kappa shape index (κ3) is 6.06. The molecule has 0 bridgehead atoms. The minimum absolute atomic E-state index is 0.0181. The molecule has 1 saturated heterocycles. The van der Waals surface area contributed by atoms with Gasteiger partial charge in [0.25, 0.3) is 11.8 Å². The number of amidine groups is 1. The van der Waals surface area contributed by atoms with Crippen molar-refractivity contribution in [3.05, 3.63) is 59.0 Å². The van der Waals surface area contributed by atoms with Gasteiger partial charge >= 0.3 is 0 Å². The number of primary amides is 1. The fourth-order valence-electron chi connectivity index (χ4n) is 4.45. The number of carbonyl (C=O) groups excluding carboxylic acids is 2. The summed E-state index contributed by atoms with van der Waals surface area (Å²) in [7, 11) is 0. The van der Waals surface area contributed by atoms with Crippen LogP contribution in [0.15, 0.2) is 58.4 Å². The van der Waals surface area contributed by atoms with Crippen LogP contribution in [0.4, 0.5) is 5.69 Å². The van der Waals surface area contributed by atoms with E-state index >= 15 is 0 Å². The van der Waals surface area contributed by atoms with E-state index in [0.29, 0.717) is 28.9 Å². The van der Waals surface area contributed by atoms with Crippen molar-refractivity contribution in [1.82, 2.24) is 4.90 Å². The highest BCUT2D eigenvalue weighted by molar-refractivity contribution is 8.18. The van der Waals surface area contributed by atoms with E-state index in [4.69, 9.17) is 20.2 Å². The topological polar surface area (TPSA) is 94.2 Å². The monoisotopic (exact) mass is 493 g/mol. The van der Waals surface area contributed by atoms with Crippen molar-refractivity contribution in [2.45, 2.75) is 45.6 Å². The van der Waals surface area contributed by atoms with Crippen molar-refractivity contribution >= 4 is 40.5 Å². The average molecular weight is 494 g/mol. The first-order chi connectivity index (χ1) is 17.0. The zero-order chi connectivity index (χ0) is 24.8. The van der Waals surface area contributed by atoms with Crippen LogP contribution in [-0.2, 0) is 9.59 Å². The summed E-state index contributed by atoms with van der Waals surface area (Å²) < 4.78 is 11.2. The molecule has 184 valence electrons. The van der Waals surface area contributed by atoms with E-state index in [2.05, 4.69) is 6.92 Å². The Morgan fingerprint density at radius 2 is 1.91 bits per heavy atom. The quantitative estimate of drug-likeness (QED) is 0.515. The second-order valence-electron chi connectivity index (χ2n) is 8.74. The number of rotatable bonds is 8. The van der Waals surface area contributed by atoms with E-state index in [-0.39, 0.29) is 18.6 Å². The molecule has 1 saturated carbocycles. The van der Waals surface area contributed by atoms with Gasteiger partial charge in [-0.15, -0.1) is 0 Å². The summed E-state index contributed by atoms with van der Waals surface area (Å²) in [5, 5.41) is 0.720. The van der Waals surface area contributed by atoms with Crippen LogP contribution >= 0.6 is 11.8 Å². The molecule has 1 aliphatic carbocycles. The van der Waals surface area contributed by atoms with Gasteiger partial charge in [-0.05, 0) is 73.4 Å². The molecule has 0 radical (unpaired) electrons. The van der Waals surface area contributed by atoms with Crippen LogP contribution < -0.4 is 15.2 Å². The largest absolute Gasteiger partial charge is 0.490 e. The highest BCUT2D eigenvalue weighted by atomic mass is 32.2. The van der Waals surface area contributed by atoms with Crippen LogP contribution in [0.2, 0.25) is 0 Å². The Bertz CT molecular complexity index is 1130. The molecule has 2 aromatic carbocycles. The van der Waals surface area contributed by atoms with Gasteiger partial charge in [0.1, 0.15) is 0 Å². The Balaban J connectivity index is 1.67. The Labute approximate surface area is 210 Å². The Hall–Kier alpha value is -3.26. The number of hydrogen-bond donors (Lipinski definition) is 1. The van der Waals surface area contributed by atoms with Crippen LogP contribution in [0, 0.1) is 5.92 Å². The predicted molar refractivity (Wildman–Crippen MR) is 140 cm³/mol. The third-order valence-electron chi connectivity index (χ3n) is 6.15. The maximum atomic E-state index is 13.7. The molecule has 0 aromatic heterocycles. The first-order valence-corrected chi connectivity index (χ1v) is 12.8. The second kappa shape index (κ2) is 11.4. The minimum Gasteiger partial charge on any atom is -0.490 e. The van der Waals surface area contributed by atoms with Crippen LogP contribution in [0.25, 0.3) is 6.08 Å². The summed E-state index contributed by atoms with van der Waals surface area (Å²) in [5.74, 6) is 0.765. The SMILES string of the molecule is CCOc1cc(/C=C2\SC(=Nc3ccccc3)N([C@@H]3CCCC[C@H]3C)C2=O)ccc1OCC(N)=O. The molecule has 2 fully saturated rings. The number of nitrogens with zero attached hydrogens (tertiary/aromatic N) is 2. The molecule has 7 nitrogen and oxygen atoms in total. The molecule has 2 aliphatic rings. The van der Waals surface area contributed by atoms with Gasteiger partial charge in [-0.25, -0.2) is 4.99 Å². The number of nitrogens with two attached hydrogens (primary N) is 1. The second-order valence-corrected chi connectivity index (χ2v) is 9.75. The molecule has 4 rings (SSSR count). The Morgan fingerprint density at radius 3 is 2.63 bits per heavy atom. The summed E-state index contributed by atoms with van der Waals surface area (Å²) >= 11 is 1.40. The molecule has 1 aliphatic heterocycles. The lowest BCUT2D eigenvalue weighted by molar-refractivity contribution is -0.125. The lowest BCUT2D eigenvalue weighted by Gasteiger charge is -2.35. The van der Waals surface area contributed by atoms with E-state index in [9.17, 15) is 9.59 Å². The van der Waals surface area contributed by atoms with Crippen molar-refractivity contribution in [2.75, 3.05) is 13.2 Å². The fraction of sp³-hybridized carbons (Fsp3) is 0.370. The fourth-order valence-corrected chi connectivity index (χ4v) is 5.50. The van der Waals surface area contributed by atoms with Crippen molar-refractivity contribution in [1.29, 1.82) is 0 Å². The average Bonchev–Trinajstić information content (AvgIpc) is 3.14. The normalized spacial score (nSPS) is 22.6. The van der Waals surface area contributed by atoms with Crippen LogP contribution in [-0.4, -0.2) is 41.1 Å². The lowest BCUT2D eigenvalue weighted by atomic mass is 9.85. The number of hydrogen-bond acceptors (Lipinski definition) is 6. The van der Waals surface area contributed by atoms with Crippen molar-refractivity contribution in [3.8, 4) is 11.5 Å². The van der Waals surface area contributed by atoms with Gasteiger partial charge in [-0.2, -0.15) is 0 Å². The zero-order valence-corrected chi connectivity index (χ0v) is 20.9. The summed E-state index contributed by atoms with van der Waals surface area (Å²) in [5.41, 5.74) is 6.83. The molecule has 2 amide bonds. The number of carbonyl (C=O) groups is 2. The number of aliphatic imine (C=N–C) groups is 1.